The number of hydrogen-bond donors (Lipinski definition) is 3. The Hall–Kier alpha value is -3.74. The summed E-state index contributed by atoms with van der Waals surface area (Å²) in [5.74, 6) is -2.21. The lowest BCUT2D eigenvalue weighted by Gasteiger charge is -2.23. The van der Waals surface area contributed by atoms with Gasteiger partial charge in [0.1, 0.15) is 0 Å². The van der Waals surface area contributed by atoms with Crippen LogP contribution in [0.5, 0.6) is 17.2 Å². The molecule has 3 aromatic rings. The van der Waals surface area contributed by atoms with E-state index in [1.165, 1.54) is 0 Å². The molecule has 0 unspecified atom stereocenters. The zero-order valence-corrected chi connectivity index (χ0v) is 16.3. The molecule has 1 saturated heterocycles. The van der Waals surface area contributed by atoms with Gasteiger partial charge in [-0.25, -0.2) is 0 Å². The predicted octanol–water partition coefficient (Wildman–Crippen LogP) is 2.94. The molecule has 1 aliphatic rings. The van der Waals surface area contributed by atoms with Gasteiger partial charge in [-0.15, -0.1) is 0 Å². The lowest BCUT2D eigenvalue weighted by atomic mass is 10.0. The SMILES string of the molecule is O=C(c1cc(O)c(O)c(O)c1)N1CCCN(C(=O)c2cccc3ccccc23)CC1. The highest BCUT2D eigenvalue weighted by Crippen LogP contribution is 2.35. The minimum Gasteiger partial charge on any atom is -0.504 e. The van der Waals surface area contributed by atoms with E-state index < -0.39 is 17.2 Å². The molecule has 3 aromatic carbocycles. The van der Waals surface area contributed by atoms with Gasteiger partial charge in [-0.1, -0.05) is 36.4 Å². The maximum absolute atomic E-state index is 13.2. The van der Waals surface area contributed by atoms with Crippen LogP contribution in [0.3, 0.4) is 0 Å². The highest BCUT2D eigenvalue weighted by atomic mass is 16.3. The lowest BCUT2D eigenvalue weighted by Crippen LogP contribution is -2.37. The Labute approximate surface area is 173 Å². The summed E-state index contributed by atoms with van der Waals surface area (Å²) in [6.07, 6.45) is 0.609. The second-order valence-corrected chi connectivity index (χ2v) is 7.33. The lowest BCUT2D eigenvalue weighted by molar-refractivity contribution is 0.0719. The number of carbonyl (C=O) groups excluding carboxylic acids is 2. The van der Waals surface area contributed by atoms with Crippen LogP contribution in [0, 0.1) is 0 Å². The van der Waals surface area contributed by atoms with Crippen molar-refractivity contribution in [3.8, 4) is 17.2 Å². The standard InChI is InChI=1S/C23H22N2O5/c26-19-13-16(14-20(27)21(19)28)22(29)24-9-4-10-25(12-11-24)23(30)18-8-3-6-15-5-1-2-7-17(15)18/h1-3,5-8,13-14,26-28H,4,9-12H2. The monoisotopic (exact) mass is 406 g/mol. The van der Waals surface area contributed by atoms with Crippen LogP contribution >= 0.6 is 0 Å². The zero-order valence-electron chi connectivity index (χ0n) is 16.3. The van der Waals surface area contributed by atoms with E-state index in [0.717, 1.165) is 22.9 Å². The topological polar surface area (TPSA) is 101 Å². The summed E-state index contributed by atoms with van der Waals surface area (Å²) in [5.41, 5.74) is 0.720. The van der Waals surface area contributed by atoms with Gasteiger partial charge < -0.3 is 25.1 Å². The molecule has 0 spiro atoms. The predicted molar refractivity (Wildman–Crippen MR) is 112 cm³/mol. The number of phenolic OH excluding ortho intramolecular Hbond substituents is 3. The van der Waals surface area contributed by atoms with Gasteiger partial charge in [-0.3, -0.25) is 9.59 Å². The summed E-state index contributed by atoms with van der Waals surface area (Å²) < 4.78 is 0. The van der Waals surface area contributed by atoms with Crippen LogP contribution in [-0.4, -0.2) is 63.1 Å². The molecule has 1 heterocycles. The first-order valence-corrected chi connectivity index (χ1v) is 9.77. The Balaban J connectivity index is 1.51. The molecule has 0 aromatic heterocycles. The number of benzene rings is 3. The van der Waals surface area contributed by atoms with Gasteiger partial charge in [0.15, 0.2) is 17.2 Å². The number of nitrogens with zero attached hydrogens (tertiary/aromatic N) is 2. The average molecular weight is 406 g/mol. The third kappa shape index (κ3) is 3.61. The van der Waals surface area contributed by atoms with Crippen molar-refractivity contribution >= 4 is 22.6 Å². The number of amides is 2. The van der Waals surface area contributed by atoms with Crippen molar-refractivity contribution in [2.45, 2.75) is 6.42 Å². The van der Waals surface area contributed by atoms with Crippen LogP contribution in [-0.2, 0) is 0 Å². The first-order chi connectivity index (χ1) is 14.5. The molecule has 0 radical (unpaired) electrons. The van der Waals surface area contributed by atoms with Crippen molar-refractivity contribution in [3.05, 3.63) is 65.7 Å². The van der Waals surface area contributed by atoms with Crippen molar-refractivity contribution in [2.75, 3.05) is 26.2 Å². The summed E-state index contributed by atoms with van der Waals surface area (Å²) in [6, 6.07) is 15.7. The molecule has 1 aliphatic heterocycles. The van der Waals surface area contributed by atoms with Gasteiger partial charge in [0.25, 0.3) is 11.8 Å². The van der Waals surface area contributed by atoms with Crippen molar-refractivity contribution in [3.63, 3.8) is 0 Å². The van der Waals surface area contributed by atoms with E-state index >= 15 is 0 Å². The van der Waals surface area contributed by atoms with Gasteiger partial charge in [0.2, 0.25) is 0 Å². The normalized spacial score (nSPS) is 14.5. The molecule has 154 valence electrons. The van der Waals surface area contributed by atoms with Crippen molar-refractivity contribution in [1.29, 1.82) is 0 Å². The first kappa shape index (κ1) is 19.6. The van der Waals surface area contributed by atoms with Crippen molar-refractivity contribution in [1.82, 2.24) is 9.80 Å². The third-order valence-corrected chi connectivity index (χ3v) is 5.41. The van der Waals surface area contributed by atoms with Crippen LogP contribution in [0.25, 0.3) is 10.8 Å². The molecule has 4 rings (SSSR count). The number of phenols is 3. The molecular weight excluding hydrogens is 384 g/mol. The second-order valence-electron chi connectivity index (χ2n) is 7.33. The van der Waals surface area contributed by atoms with E-state index in [1.54, 1.807) is 9.80 Å². The van der Waals surface area contributed by atoms with E-state index in [0.29, 0.717) is 38.2 Å². The van der Waals surface area contributed by atoms with E-state index in [2.05, 4.69) is 0 Å². The van der Waals surface area contributed by atoms with Gasteiger partial charge in [0, 0.05) is 37.3 Å². The first-order valence-electron chi connectivity index (χ1n) is 9.77. The second kappa shape index (κ2) is 7.94. The Morgan fingerprint density at radius 3 is 2.03 bits per heavy atom. The van der Waals surface area contributed by atoms with Gasteiger partial charge >= 0.3 is 0 Å². The minimum absolute atomic E-state index is 0.0685. The Bertz CT molecular complexity index is 1100. The molecule has 0 aliphatic carbocycles. The summed E-state index contributed by atoms with van der Waals surface area (Å²) in [6.45, 7) is 1.68. The third-order valence-electron chi connectivity index (χ3n) is 5.41. The van der Waals surface area contributed by atoms with Crippen LogP contribution in [0.4, 0.5) is 0 Å². The van der Waals surface area contributed by atoms with Crippen molar-refractivity contribution < 1.29 is 24.9 Å². The van der Waals surface area contributed by atoms with E-state index in [4.69, 9.17) is 0 Å². The molecule has 0 atom stereocenters. The molecule has 7 heteroatoms. The zero-order chi connectivity index (χ0) is 21.3. The maximum atomic E-state index is 13.2. The van der Waals surface area contributed by atoms with Crippen molar-refractivity contribution in [2.24, 2.45) is 0 Å². The number of rotatable bonds is 2. The fourth-order valence-corrected chi connectivity index (χ4v) is 3.82. The van der Waals surface area contributed by atoms with E-state index in [-0.39, 0.29) is 17.4 Å². The van der Waals surface area contributed by atoms with Crippen LogP contribution in [0.2, 0.25) is 0 Å². The molecule has 2 amide bonds. The quantitative estimate of drug-likeness (QED) is 0.568. The highest BCUT2D eigenvalue weighted by molar-refractivity contribution is 6.07. The highest BCUT2D eigenvalue weighted by Gasteiger charge is 2.25. The minimum atomic E-state index is -0.658. The summed E-state index contributed by atoms with van der Waals surface area (Å²) in [5, 5.41) is 30.7. The number of hydrogen-bond acceptors (Lipinski definition) is 5. The summed E-state index contributed by atoms with van der Waals surface area (Å²) in [7, 11) is 0. The molecular formula is C23H22N2O5. The molecule has 30 heavy (non-hydrogen) atoms. The fourth-order valence-electron chi connectivity index (χ4n) is 3.82. The van der Waals surface area contributed by atoms with Gasteiger partial charge in [-0.05, 0) is 35.4 Å². The van der Waals surface area contributed by atoms with E-state index in [9.17, 15) is 24.9 Å². The molecule has 3 N–H and O–H groups in total. The summed E-state index contributed by atoms with van der Waals surface area (Å²) >= 11 is 0. The molecule has 1 fully saturated rings. The Kier molecular flexibility index (Phi) is 5.18. The smallest absolute Gasteiger partial charge is 0.254 e. The Morgan fingerprint density at radius 2 is 1.33 bits per heavy atom. The molecule has 0 bridgehead atoms. The average Bonchev–Trinajstić information content (AvgIpc) is 3.02. The van der Waals surface area contributed by atoms with Gasteiger partial charge in [0.05, 0.1) is 0 Å². The maximum Gasteiger partial charge on any atom is 0.254 e. The molecule has 0 saturated carbocycles. The fraction of sp³-hybridized carbons (Fsp3) is 0.217. The van der Waals surface area contributed by atoms with Crippen LogP contribution in [0.1, 0.15) is 27.1 Å². The number of carbonyl (C=O) groups is 2. The summed E-state index contributed by atoms with van der Waals surface area (Å²) in [4.78, 5) is 29.3. The number of aromatic hydroxyl groups is 3. The Morgan fingerprint density at radius 1 is 0.733 bits per heavy atom. The van der Waals surface area contributed by atoms with E-state index in [1.807, 2.05) is 42.5 Å². The largest absolute Gasteiger partial charge is 0.504 e. The van der Waals surface area contributed by atoms with Crippen LogP contribution < -0.4 is 0 Å². The van der Waals surface area contributed by atoms with Crippen LogP contribution in [0.15, 0.2) is 54.6 Å². The van der Waals surface area contributed by atoms with Gasteiger partial charge in [-0.2, -0.15) is 0 Å². The molecule has 7 nitrogen and oxygen atoms in total. The number of fused-ring (bicyclic) bond motifs is 1.